The fourth-order valence-electron chi connectivity index (χ4n) is 2.73. The summed E-state index contributed by atoms with van der Waals surface area (Å²) in [5.41, 5.74) is 5.02. The second-order valence-electron chi connectivity index (χ2n) is 6.20. The van der Waals surface area contributed by atoms with Gasteiger partial charge in [-0.25, -0.2) is 4.39 Å². The number of benzene rings is 2. The van der Waals surface area contributed by atoms with E-state index in [1.807, 2.05) is 36.7 Å². The molecule has 1 N–H and O–H groups in total. The van der Waals surface area contributed by atoms with Crippen molar-refractivity contribution in [3.05, 3.63) is 82.4 Å². The predicted molar refractivity (Wildman–Crippen MR) is 96.3 cm³/mol. The van der Waals surface area contributed by atoms with Crippen LogP contribution in [0.4, 0.5) is 10.1 Å². The molecule has 4 nitrogen and oxygen atoms in total. The standard InChI is InChI=1S/C20H20FN3O/c1-13-10-18(21)8-9-19(13)22-20(25)17-6-4-16(5-7-17)12-24-15(3)11-14(2)23-24/h4-11H,12H2,1-3H3,(H,22,25). The lowest BCUT2D eigenvalue weighted by molar-refractivity contribution is 0.102. The molecule has 0 saturated heterocycles. The Morgan fingerprint density at radius 2 is 1.80 bits per heavy atom. The first-order valence-corrected chi connectivity index (χ1v) is 8.10. The number of nitrogens with one attached hydrogen (secondary N) is 1. The van der Waals surface area contributed by atoms with Gasteiger partial charge in [0.1, 0.15) is 5.82 Å². The summed E-state index contributed by atoms with van der Waals surface area (Å²) in [5.74, 6) is -0.531. The largest absolute Gasteiger partial charge is 0.322 e. The maximum atomic E-state index is 13.1. The highest BCUT2D eigenvalue weighted by atomic mass is 19.1. The van der Waals surface area contributed by atoms with Crippen LogP contribution in [-0.4, -0.2) is 15.7 Å². The van der Waals surface area contributed by atoms with E-state index in [-0.39, 0.29) is 11.7 Å². The summed E-state index contributed by atoms with van der Waals surface area (Å²) in [5, 5.41) is 7.25. The Labute approximate surface area is 146 Å². The molecule has 0 bridgehead atoms. The zero-order valence-corrected chi connectivity index (χ0v) is 14.5. The lowest BCUT2D eigenvalue weighted by Gasteiger charge is -2.09. The van der Waals surface area contributed by atoms with Gasteiger partial charge in [-0.1, -0.05) is 12.1 Å². The van der Waals surface area contributed by atoms with Crippen LogP contribution in [0.25, 0.3) is 0 Å². The zero-order valence-electron chi connectivity index (χ0n) is 14.5. The SMILES string of the molecule is Cc1cc(C)n(Cc2ccc(C(=O)Nc3ccc(F)cc3C)cc2)n1. The van der Waals surface area contributed by atoms with Gasteiger partial charge in [-0.3, -0.25) is 9.48 Å². The number of rotatable bonds is 4. The number of carbonyl (C=O) groups excluding carboxylic acids is 1. The topological polar surface area (TPSA) is 46.9 Å². The summed E-state index contributed by atoms with van der Waals surface area (Å²) in [4.78, 5) is 12.4. The van der Waals surface area contributed by atoms with E-state index in [9.17, 15) is 9.18 Å². The Hall–Kier alpha value is -2.95. The normalized spacial score (nSPS) is 10.7. The van der Waals surface area contributed by atoms with Crippen LogP contribution >= 0.6 is 0 Å². The second-order valence-corrected chi connectivity index (χ2v) is 6.20. The lowest BCUT2D eigenvalue weighted by atomic mass is 10.1. The van der Waals surface area contributed by atoms with Crippen molar-refractivity contribution < 1.29 is 9.18 Å². The van der Waals surface area contributed by atoms with Crippen molar-refractivity contribution in [1.82, 2.24) is 9.78 Å². The lowest BCUT2D eigenvalue weighted by Crippen LogP contribution is -2.13. The van der Waals surface area contributed by atoms with Gasteiger partial charge < -0.3 is 5.32 Å². The van der Waals surface area contributed by atoms with Crippen molar-refractivity contribution in [2.75, 3.05) is 5.32 Å². The fourth-order valence-corrected chi connectivity index (χ4v) is 2.73. The van der Waals surface area contributed by atoms with Gasteiger partial charge in [0.05, 0.1) is 12.2 Å². The molecule has 3 aromatic rings. The van der Waals surface area contributed by atoms with E-state index in [4.69, 9.17) is 0 Å². The Morgan fingerprint density at radius 3 is 2.40 bits per heavy atom. The van der Waals surface area contributed by atoms with Crippen LogP contribution in [0.2, 0.25) is 0 Å². The van der Waals surface area contributed by atoms with Crippen molar-refractivity contribution in [3.8, 4) is 0 Å². The van der Waals surface area contributed by atoms with Crippen molar-refractivity contribution in [1.29, 1.82) is 0 Å². The van der Waals surface area contributed by atoms with Crippen LogP contribution in [0.15, 0.2) is 48.5 Å². The molecule has 0 atom stereocenters. The first kappa shape index (κ1) is 16.9. The van der Waals surface area contributed by atoms with Gasteiger partial charge in [-0.05, 0) is 68.3 Å². The van der Waals surface area contributed by atoms with Crippen molar-refractivity contribution in [2.24, 2.45) is 0 Å². The van der Waals surface area contributed by atoms with Crippen LogP contribution in [0.1, 0.15) is 32.9 Å². The molecule has 0 unspecified atom stereocenters. The highest BCUT2D eigenvalue weighted by Gasteiger charge is 2.09. The molecule has 3 rings (SSSR count). The monoisotopic (exact) mass is 337 g/mol. The number of carbonyl (C=O) groups is 1. The van der Waals surface area contributed by atoms with Gasteiger partial charge in [0, 0.05) is 16.9 Å². The number of anilines is 1. The summed E-state index contributed by atoms with van der Waals surface area (Å²) in [6.45, 7) is 6.41. The molecule has 0 saturated carbocycles. The summed E-state index contributed by atoms with van der Waals surface area (Å²) in [6.07, 6.45) is 0. The zero-order chi connectivity index (χ0) is 18.0. The number of hydrogen-bond donors (Lipinski definition) is 1. The van der Waals surface area contributed by atoms with Crippen LogP contribution in [0.3, 0.4) is 0 Å². The molecule has 0 aliphatic carbocycles. The minimum absolute atomic E-state index is 0.215. The fraction of sp³-hybridized carbons (Fsp3) is 0.200. The number of hydrogen-bond acceptors (Lipinski definition) is 2. The van der Waals surface area contributed by atoms with Crippen LogP contribution < -0.4 is 5.32 Å². The molecule has 0 spiro atoms. The molecule has 1 heterocycles. The summed E-state index contributed by atoms with van der Waals surface area (Å²) < 4.78 is 15.1. The summed E-state index contributed by atoms with van der Waals surface area (Å²) >= 11 is 0. The van der Waals surface area contributed by atoms with E-state index >= 15 is 0 Å². The molecule has 0 radical (unpaired) electrons. The van der Waals surface area contributed by atoms with Crippen molar-refractivity contribution in [3.63, 3.8) is 0 Å². The number of aryl methyl sites for hydroxylation is 3. The molecule has 25 heavy (non-hydrogen) atoms. The highest BCUT2D eigenvalue weighted by Crippen LogP contribution is 2.17. The maximum Gasteiger partial charge on any atom is 0.255 e. The number of nitrogens with zero attached hydrogens (tertiary/aromatic N) is 2. The second kappa shape index (κ2) is 6.89. The average molecular weight is 337 g/mol. The Balaban J connectivity index is 1.71. The van der Waals surface area contributed by atoms with Crippen molar-refractivity contribution in [2.45, 2.75) is 27.3 Å². The highest BCUT2D eigenvalue weighted by molar-refractivity contribution is 6.04. The first-order chi connectivity index (χ1) is 11.9. The number of halogens is 1. The van der Waals surface area contributed by atoms with Crippen LogP contribution in [0, 0.1) is 26.6 Å². The minimum Gasteiger partial charge on any atom is -0.322 e. The molecular formula is C20H20FN3O. The third kappa shape index (κ3) is 3.94. The van der Waals surface area contributed by atoms with Crippen LogP contribution in [-0.2, 0) is 6.54 Å². The van der Waals surface area contributed by atoms with Gasteiger partial charge in [0.2, 0.25) is 0 Å². The molecular weight excluding hydrogens is 317 g/mol. The number of aromatic nitrogens is 2. The maximum absolute atomic E-state index is 13.1. The average Bonchev–Trinajstić information content (AvgIpc) is 2.88. The molecule has 0 aliphatic rings. The van der Waals surface area contributed by atoms with Gasteiger partial charge in [-0.2, -0.15) is 5.10 Å². The van der Waals surface area contributed by atoms with E-state index in [2.05, 4.69) is 10.4 Å². The molecule has 1 amide bonds. The van der Waals surface area contributed by atoms with Crippen molar-refractivity contribution >= 4 is 11.6 Å². The summed E-state index contributed by atoms with van der Waals surface area (Å²) in [7, 11) is 0. The molecule has 1 aromatic heterocycles. The Morgan fingerprint density at radius 1 is 1.08 bits per heavy atom. The third-order valence-electron chi connectivity index (χ3n) is 4.09. The quantitative estimate of drug-likeness (QED) is 0.774. The van der Waals surface area contributed by atoms with E-state index in [0.29, 0.717) is 23.4 Å². The van der Waals surface area contributed by atoms with Gasteiger partial charge >= 0.3 is 0 Å². The molecule has 0 fully saturated rings. The van der Waals surface area contributed by atoms with E-state index in [1.54, 1.807) is 25.1 Å². The third-order valence-corrected chi connectivity index (χ3v) is 4.09. The number of amides is 1. The van der Waals surface area contributed by atoms with E-state index in [1.165, 1.54) is 12.1 Å². The molecule has 0 aliphatic heterocycles. The Bertz CT molecular complexity index is 913. The predicted octanol–water partition coefficient (Wildman–Crippen LogP) is 4.25. The van der Waals surface area contributed by atoms with E-state index < -0.39 is 0 Å². The minimum atomic E-state index is -0.316. The molecule has 128 valence electrons. The van der Waals surface area contributed by atoms with Gasteiger partial charge in [-0.15, -0.1) is 0 Å². The first-order valence-electron chi connectivity index (χ1n) is 8.10. The Kier molecular flexibility index (Phi) is 4.65. The van der Waals surface area contributed by atoms with E-state index in [0.717, 1.165) is 17.0 Å². The van der Waals surface area contributed by atoms with Crippen LogP contribution in [0.5, 0.6) is 0 Å². The smallest absolute Gasteiger partial charge is 0.255 e. The van der Waals surface area contributed by atoms with Gasteiger partial charge in [0.15, 0.2) is 0 Å². The molecule has 5 heteroatoms. The van der Waals surface area contributed by atoms with Gasteiger partial charge in [0.25, 0.3) is 5.91 Å². The summed E-state index contributed by atoms with van der Waals surface area (Å²) in [6, 6.07) is 13.7. The molecule has 2 aromatic carbocycles.